The Balaban J connectivity index is 0. The first-order valence-corrected chi connectivity index (χ1v) is 4.06. The van der Waals surface area contributed by atoms with Gasteiger partial charge in [0.25, 0.3) is 0 Å². The molecule has 0 rings (SSSR count). The molecule has 3 nitrogen and oxygen atoms in total. The zero-order valence-corrected chi connectivity index (χ0v) is 7.17. The summed E-state index contributed by atoms with van der Waals surface area (Å²) in [5.41, 5.74) is 0. The van der Waals surface area contributed by atoms with E-state index in [4.69, 9.17) is 9.84 Å². The molecule has 1 unspecified atom stereocenters. The molecule has 0 aliphatic rings. The maximum atomic E-state index is 10.5. The number of carbonyl (C=O) groups is 1. The molecular formula is C8H18BaO3. The Hall–Kier alpha value is 1.00. The Morgan fingerprint density at radius 2 is 2.08 bits per heavy atom. The van der Waals surface area contributed by atoms with Crippen molar-refractivity contribution in [2.75, 3.05) is 6.61 Å². The number of ether oxygens (including phenoxy) is 1. The molecule has 0 spiro atoms. The fourth-order valence-electron chi connectivity index (χ4n) is 0.869. The second-order valence-corrected chi connectivity index (χ2v) is 2.42. The predicted molar refractivity (Wildman–Crippen MR) is 51.1 cm³/mol. The van der Waals surface area contributed by atoms with Gasteiger partial charge in [-0.25, -0.2) is 4.79 Å². The van der Waals surface area contributed by atoms with Crippen LogP contribution in [0.5, 0.6) is 0 Å². The van der Waals surface area contributed by atoms with Gasteiger partial charge in [-0.05, 0) is 13.3 Å². The van der Waals surface area contributed by atoms with Gasteiger partial charge >= 0.3 is 54.9 Å². The quantitative estimate of drug-likeness (QED) is 0.736. The molecule has 0 aromatic carbocycles. The van der Waals surface area contributed by atoms with Crippen molar-refractivity contribution in [1.82, 2.24) is 0 Å². The number of hydrogen-bond acceptors (Lipinski definition) is 2. The summed E-state index contributed by atoms with van der Waals surface area (Å²) < 4.78 is 5.01. The molecule has 0 fully saturated rings. The number of carboxylic acid groups (broad SMARTS) is 1. The molecule has 0 saturated carbocycles. The van der Waals surface area contributed by atoms with E-state index in [2.05, 4.69) is 0 Å². The minimum absolute atomic E-state index is 0. The van der Waals surface area contributed by atoms with E-state index in [1.165, 1.54) is 0 Å². The second kappa shape index (κ2) is 10.1. The minimum atomic E-state index is -0.847. The average Bonchev–Trinajstić information content (AvgIpc) is 1.97. The van der Waals surface area contributed by atoms with Crippen LogP contribution in [0.3, 0.4) is 0 Å². The van der Waals surface area contributed by atoms with Crippen LogP contribution in [0.25, 0.3) is 0 Å². The standard InChI is InChI=1S/C8H16O3.Ba.2H/c1-3-5-6-7(8(9)10)11-4-2;;;/h7H,3-6H2,1-2H3,(H,9,10);;;. The third-order valence-corrected chi connectivity index (χ3v) is 1.46. The first kappa shape index (κ1) is 15.5. The molecule has 4 heteroatoms. The van der Waals surface area contributed by atoms with E-state index in [1.807, 2.05) is 13.8 Å². The number of unbranched alkanes of at least 4 members (excludes halogenated alkanes) is 1. The Morgan fingerprint density at radius 3 is 2.42 bits per heavy atom. The number of rotatable bonds is 6. The van der Waals surface area contributed by atoms with Gasteiger partial charge in [0.05, 0.1) is 0 Å². The van der Waals surface area contributed by atoms with Crippen molar-refractivity contribution in [3.63, 3.8) is 0 Å². The first-order chi connectivity index (χ1) is 5.22. The van der Waals surface area contributed by atoms with Crippen molar-refractivity contribution in [3.05, 3.63) is 0 Å². The second-order valence-electron chi connectivity index (χ2n) is 2.42. The molecular weight excluding hydrogens is 281 g/mol. The summed E-state index contributed by atoms with van der Waals surface area (Å²) >= 11 is 0. The van der Waals surface area contributed by atoms with E-state index >= 15 is 0 Å². The monoisotopic (exact) mass is 300 g/mol. The van der Waals surface area contributed by atoms with Crippen molar-refractivity contribution >= 4 is 54.9 Å². The van der Waals surface area contributed by atoms with Crippen LogP contribution in [-0.2, 0) is 9.53 Å². The summed E-state index contributed by atoms with van der Waals surface area (Å²) in [5, 5.41) is 8.61. The fraction of sp³-hybridized carbons (Fsp3) is 0.875. The zero-order valence-electron chi connectivity index (χ0n) is 7.17. The van der Waals surface area contributed by atoms with Gasteiger partial charge in [0.1, 0.15) is 0 Å². The summed E-state index contributed by atoms with van der Waals surface area (Å²) in [6.45, 7) is 4.31. The van der Waals surface area contributed by atoms with Gasteiger partial charge in [0, 0.05) is 6.61 Å². The van der Waals surface area contributed by atoms with Crippen molar-refractivity contribution in [3.8, 4) is 0 Å². The van der Waals surface area contributed by atoms with Crippen molar-refractivity contribution in [2.24, 2.45) is 0 Å². The van der Waals surface area contributed by atoms with Gasteiger partial charge in [0.15, 0.2) is 6.10 Å². The van der Waals surface area contributed by atoms with E-state index in [0.717, 1.165) is 12.8 Å². The number of aliphatic carboxylic acids is 1. The molecule has 0 aliphatic carbocycles. The van der Waals surface area contributed by atoms with Crippen LogP contribution in [-0.4, -0.2) is 72.7 Å². The van der Waals surface area contributed by atoms with Gasteiger partial charge in [-0.15, -0.1) is 0 Å². The molecule has 0 radical (unpaired) electrons. The molecule has 12 heavy (non-hydrogen) atoms. The van der Waals surface area contributed by atoms with Gasteiger partial charge in [-0.1, -0.05) is 19.8 Å². The van der Waals surface area contributed by atoms with E-state index in [1.54, 1.807) is 0 Å². The van der Waals surface area contributed by atoms with Gasteiger partial charge in [-0.2, -0.15) is 0 Å². The molecule has 0 aliphatic heterocycles. The van der Waals surface area contributed by atoms with Crippen LogP contribution >= 0.6 is 0 Å². The van der Waals surface area contributed by atoms with Crippen molar-refractivity contribution < 1.29 is 14.6 Å². The molecule has 0 amide bonds. The van der Waals surface area contributed by atoms with E-state index < -0.39 is 12.1 Å². The van der Waals surface area contributed by atoms with Crippen LogP contribution in [0.15, 0.2) is 0 Å². The number of carboxylic acids is 1. The molecule has 0 aromatic rings. The van der Waals surface area contributed by atoms with Crippen molar-refractivity contribution in [2.45, 2.75) is 39.2 Å². The molecule has 0 aromatic heterocycles. The van der Waals surface area contributed by atoms with Crippen LogP contribution in [0, 0.1) is 0 Å². The zero-order chi connectivity index (χ0) is 8.69. The molecule has 1 N–H and O–H groups in total. The Bertz CT molecular complexity index is 117. The SMILES string of the molecule is CCCCC(OCC)C(=O)O.[BaH2]. The third kappa shape index (κ3) is 7.64. The average molecular weight is 300 g/mol. The molecule has 0 bridgehead atoms. The van der Waals surface area contributed by atoms with E-state index in [0.29, 0.717) is 13.0 Å². The molecule has 0 saturated heterocycles. The molecule has 0 heterocycles. The third-order valence-electron chi connectivity index (χ3n) is 1.46. The summed E-state index contributed by atoms with van der Waals surface area (Å²) in [6.07, 6.45) is 1.95. The van der Waals surface area contributed by atoms with Gasteiger partial charge < -0.3 is 9.84 Å². The van der Waals surface area contributed by atoms with Crippen molar-refractivity contribution in [1.29, 1.82) is 0 Å². The summed E-state index contributed by atoms with van der Waals surface area (Å²) in [5.74, 6) is -0.847. The summed E-state index contributed by atoms with van der Waals surface area (Å²) in [7, 11) is 0. The predicted octanol–water partition coefficient (Wildman–Crippen LogP) is 0.750. The Labute approximate surface area is 114 Å². The Kier molecular flexibility index (Phi) is 13.0. The van der Waals surface area contributed by atoms with Crippen LogP contribution in [0.4, 0.5) is 0 Å². The van der Waals surface area contributed by atoms with E-state index in [-0.39, 0.29) is 48.9 Å². The number of hydrogen-bond donors (Lipinski definition) is 1. The molecule has 70 valence electrons. The maximum absolute atomic E-state index is 10.5. The van der Waals surface area contributed by atoms with Gasteiger partial charge in [0.2, 0.25) is 0 Å². The molecule has 1 atom stereocenters. The van der Waals surface area contributed by atoms with E-state index in [9.17, 15) is 4.79 Å². The Morgan fingerprint density at radius 1 is 1.50 bits per heavy atom. The normalized spacial score (nSPS) is 11.8. The first-order valence-electron chi connectivity index (χ1n) is 4.06. The topological polar surface area (TPSA) is 46.5 Å². The fourth-order valence-corrected chi connectivity index (χ4v) is 0.869. The summed E-state index contributed by atoms with van der Waals surface area (Å²) in [4.78, 5) is 10.5. The van der Waals surface area contributed by atoms with Crippen LogP contribution in [0.2, 0.25) is 0 Å². The van der Waals surface area contributed by atoms with Crippen LogP contribution in [0.1, 0.15) is 33.1 Å². The van der Waals surface area contributed by atoms with Crippen LogP contribution < -0.4 is 0 Å². The summed E-state index contributed by atoms with van der Waals surface area (Å²) in [6, 6.07) is 0. The van der Waals surface area contributed by atoms with Gasteiger partial charge in [-0.3, -0.25) is 0 Å².